The number of hydrogen-bond donors (Lipinski definition) is 3. The van der Waals surface area contributed by atoms with Gasteiger partial charge in [0.1, 0.15) is 0 Å². The second-order valence-electron chi connectivity index (χ2n) is 8.83. The fourth-order valence-electron chi connectivity index (χ4n) is 3.41. The second-order valence-corrected chi connectivity index (χ2v) is 8.83. The predicted molar refractivity (Wildman–Crippen MR) is 140 cm³/mol. The fourth-order valence-corrected chi connectivity index (χ4v) is 3.41. The number of guanidine groups is 1. The Hall–Kier alpha value is -2.31. The van der Waals surface area contributed by atoms with Crippen molar-refractivity contribution in [3.63, 3.8) is 0 Å². The Morgan fingerprint density at radius 1 is 0.879 bits per heavy atom. The number of rotatable bonds is 20. The molecule has 190 valence electrons. The van der Waals surface area contributed by atoms with E-state index in [0.717, 1.165) is 57.1 Å². The molecule has 0 aliphatic carbocycles. The molecule has 0 aromatic rings. The molecular weight excluding hydrogens is 414 g/mol. The van der Waals surface area contributed by atoms with Crippen LogP contribution in [0.1, 0.15) is 97.8 Å². The standard InChI is InChI=1S/C26H49N5O2/c1-4-5-6-7-8-9-10-11-13-17-25(33)31(20-15-12-14-18-30-26(27)28)21-16-19-29-24(32)22-23(2)3/h9-10,22H,4-8,11-21H2,1-3H3,(H,29,32)(H4,27,28,30)/b10-9+. The average molecular weight is 464 g/mol. The summed E-state index contributed by atoms with van der Waals surface area (Å²) in [6, 6.07) is 0. The zero-order valence-corrected chi connectivity index (χ0v) is 21.4. The highest BCUT2D eigenvalue weighted by atomic mass is 16.2. The number of nitrogens with zero attached hydrogens (tertiary/aromatic N) is 2. The van der Waals surface area contributed by atoms with Crippen LogP contribution in [0.5, 0.6) is 0 Å². The molecular formula is C26H49N5O2. The van der Waals surface area contributed by atoms with E-state index < -0.39 is 0 Å². The highest BCUT2D eigenvalue weighted by Gasteiger charge is 2.12. The van der Waals surface area contributed by atoms with E-state index in [0.29, 0.717) is 26.1 Å². The fraction of sp³-hybridized carbons (Fsp3) is 0.731. The Morgan fingerprint density at radius 2 is 1.55 bits per heavy atom. The zero-order valence-electron chi connectivity index (χ0n) is 21.4. The first-order valence-corrected chi connectivity index (χ1v) is 12.8. The Morgan fingerprint density at radius 3 is 2.21 bits per heavy atom. The summed E-state index contributed by atoms with van der Waals surface area (Å²) in [7, 11) is 0. The van der Waals surface area contributed by atoms with Gasteiger partial charge in [-0.05, 0) is 65.2 Å². The van der Waals surface area contributed by atoms with Crippen molar-refractivity contribution < 1.29 is 9.59 Å². The number of nitrogens with two attached hydrogens (primary N) is 2. The topological polar surface area (TPSA) is 114 Å². The Labute approximate surface area is 202 Å². The normalized spacial score (nSPS) is 10.8. The van der Waals surface area contributed by atoms with Gasteiger partial charge in [-0.15, -0.1) is 0 Å². The SMILES string of the molecule is CCCCCC/C=C/CCCC(=O)N(CCCCCN=C(N)N)CCCNC(=O)C=C(C)C. The number of carbonyl (C=O) groups is 2. The van der Waals surface area contributed by atoms with Crippen LogP contribution in [0.4, 0.5) is 0 Å². The van der Waals surface area contributed by atoms with Gasteiger partial charge in [-0.2, -0.15) is 0 Å². The maximum atomic E-state index is 12.8. The molecule has 0 atom stereocenters. The van der Waals surface area contributed by atoms with Gasteiger partial charge in [0.25, 0.3) is 0 Å². The van der Waals surface area contributed by atoms with Crippen molar-refractivity contribution in [2.24, 2.45) is 16.5 Å². The lowest BCUT2D eigenvalue weighted by Crippen LogP contribution is -2.35. The van der Waals surface area contributed by atoms with Crippen LogP contribution in [0.2, 0.25) is 0 Å². The van der Waals surface area contributed by atoms with E-state index in [4.69, 9.17) is 11.5 Å². The Balaban J connectivity index is 4.34. The van der Waals surface area contributed by atoms with E-state index in [1.54, 1.807) is 6.08 Å². The van der Waals surface area contributed by atoms with Crippen molar-refractivity contribution in [2.45, 2.75) is 97.8 Å². The third kappa shape index (κ3) is 21.3. The average Bonchev–Trinajstić information content (AvgIpc) is 2.75. The third-order valence-electron chi connectivity index (χ3n) is 5.21. The van der Waals surface area contributed by atoms with Crippen molar-refractivity contribution in [3.05, 3.63) is 23.8 Å². The Bertz CT molecular complexity index is 606. The van der Waals surface area contributed by atoms with E-state index >= 15 is 0 Å². The molecule has 0 saturated carbocycles. The molecule has 0 aromatic carbocycles. The lowest BCUT2D eigenvalue weighted by Gasteiger charge is -2.23. The van der Waals surface area contributed by atoms with E-state index in [9.17, 15) is 9.59 Å². The summed E-state index contributed by atoms with van der Waals surface area (Å²) in [6.45, 7) is 8.60. The molecule has 7 heteroatoms. The van der Waals surface area contributed by atoms with Crippen LogP contribution in [-0.2, 0) is 9.59 Å². The first-order chi connectivity index (χ1) is 15.9. The third-order valence-corrected chi connectivity index (χ3v) is 5.21. The van der Waals surface area contributed by atoms with Gasteiger partial charge in [0, 0.05) is 38.7 Å². The molecule has 0 unspecified atom stereocenters. The van der Waals surface area contributed by atoms with E-state index in [1.807, 2.05) is 18.7 Å². The van der Waals surface area contributed by atoms with E-state index in [1.165, 1.54) is 25.7 Å². The van der Waals surface area contributed by atoms with Gasteiger partial charge >= 0.3 is 0 Å². The largest absolute Gasteiger partial charge is 0.370 e. The van der Waals surface area contributed by atoms with Crippen LogP contribution >= 0.6 is 0 Å². The summed E-state index contributed by atoms with van der Waals surface area (Å²) in [5.74, 6) is 0.247. The monoisotopic (exact) mass is 463 g/mol. The summed E-state index contributed by atoms with van der Waals surface area (Å²) in [5.41, 5.74) is 11.7. The highest BCUT2D eigenvalue weighted by Crippen LogP contribution is 2.08. The van der Waals surface area contributed by atoms with Crippen molar-refractivity contribution in [1.29, 1.82) is 0 Å². The molecule has 0 bridgehead atoms. The molecule has 0 saturated heterocycles. The number of hydrogen-bond acceptors (Lipinski definition) is 3. The highest BCUT2D eigenvalue weighted by molar-refractivity contribution is 5.87. The van der Waals surface area contributed by atoms with Gasteiger partial charge in [-0.25, -0.2) is 0 Å². The minimum atomic E-state index is -0.0749. The molecule has 5 N–H and O–H groups in total. The number of nitrogens with one attached hydrogen (secondary N) is 1. The van der Waals surface area contributed by atoms with Crippen LogP contribution in [0, 0.1) is 0 Å². The predicted octanol–water partition coefficient (Wildman–Crippen LogP) is 4.43. The lowest BCUT2D eigenvalue weighted by molar-refractivity contribution is -0.131. The first kappa shape index (κ1) is 30.7. The second kappa shape index (κ2) is 21.5. The first-order valence-electron chi connectivity index (χ1n) is 12.8. The molecule has 7 nitrogen and oxygen atoms in total. The summed E-state index contributed by atoms with van der Waals surface area (Å²) >= 11 is 0. The number of allylic oxidation sites excluding steroid dienone is 3. The van der Waals surface area contributed by atoms with Gasteiger partial charge in [0.15, 0.2) is 5.96 Å². The zero-order chi connectivity index (χ0) is 24.7. The molecule has 0 rings (SSSR count). The molecule has 0 heterocycles. The molecule has 0 aliphatic rings. The summed E-state index contributed by atoms with van der Waals surface area (Å²) in [6.07, 6.45) is 18.3. The molecule has 33 heavy (non-hydrogen) atoms. The van der Waals surface area contributed by atoms with Crippen LogP contribution in [0.15, 0.2) is 28.8 Å². The van der Waals surface area contributed by atoms with Crippen LogP contribution in [0.3, 0.4) is 0 Å². The van der Waals surface area contributed by atoms with Crippen molar-refractivity contribution in [1.82, 2.24) is 10.2 Å². The lowest BCUT2D eigenvalue weighted by atomic mass is 10.1. The van der Waals surface area contributed by atoms with Gasteiger partial charge in [-0.1, -0.05) is 43.9 Å². The molecule has 0 fully saturated rings. The van der Waals surface area contributed by atoms with Gasteiger partial charge in [0.05, 0.1) is 0 Å². The van der Waals surface area contributed by atoms with Gasteiger partial charge < -0.3 is 21.7 Å². The van der Waals surface area contributed by atoms with E-state index in [-0.39, 0.29) is 17.8 Å². The minimum absolute atomic E-state index is 0.0749. The van der Waals surface area contributed by atoms with Gasteiger partial charge in [-0.3, -0.25) is 14.6 Å². The van der Waals surface area contributed by atoms with Crippen LogP contribution < -0.4 is 16.8 Å². The molecule has 0 spiro atoms. The number of unbranched alkanes of at least 4 members (excludes halogenated alkanes) is 7. The quantitative estimate of drug-likeness (QED) is 0.0814. The smallest absolute Gasteiger partial charge is 0.243 e. The van der Waals surface area contributed by atoms with Crippen LogP contribution in [0.25, 0.3) is 0 Å². The van der Waals surface area contributed by atoms with Crippen molar-refractivity contribution >= 4 is 17.8 Å². The van der Waals surface area contributed by atoms with Crippen molar-refractivity contribution in [2.75, 3.05) is 26.2 Å². The number of carbonyl (C=O) groups excluding carboxylic acids is 2. The maximum Gasteiger partial charge on any atom is 0.243 e. The summed E-state index contributed by atoms with van der Waals surface area (Å²) in [5, 5.41) is 2.89. The molecule has 0 aromatic heterocycles. The van der Waals surface area contributed by atoms with Gasteiger partial charge in [0.2, 0.25) is 11.8 Å². The molecule has 2 amide bonds. The van der Waals surface area contributed by atoms with Crippen LogP contribution in [-0.4, -0.2) is 48.9 Å². The summed E-state index contributed by atoms with van der Waals surface area (Å²) in [4.78, 5) is 30.5. The number of aliphatic imine (C=N–C) groups is 1. The minimum Gasteiger partial charge on any atom is -0.370 e. The number of amides is 2. The maximum absolute atomic E-state index is 12.8. The molecule has 0 radical (unpaired) electrons. The van der Waals surface area contributed by atoms with Crippen molar-refractivity contribution in [3.8, 4) is 0 Å². The Kier molecular flexibility index (Phi) is 20.0. The van der Waals surface area contributed by atoms with E-state index in [2.05, 4.69) is 29.4 Å². The summed E-state index contributed by atoms with van der Waals surface area (Å²) < 4.78 is 0. The molecule has 0 aliphatic heterocycles.